The van der Waals surface area contributed by atoms with Crippen LogP contribution in [-0.4, -0.2) is 50.3 Å². The number of hydrogen-bond acceptors (Lipinski definition) is 5. The lowest BCUT2D eigenvalue weighted by Gasteiger charge is -2.35. The quantitative estimate of drug-likeness (QED) is 0.660. The van der Waals surface area contributed by atoms with Crippen LogP contribution in [0.5, 0.6) is 0 Å². The number of nitrogens with zero attached hydrogens (tertiary/aromatic N) is 1. The standard InChI is InChI=1S/C17H26N4O4S/c1-11(18)17(23)21-9-7-13(8-10-21)12(2)20-16(22)14-3-5-15(6-4-14)26(19,24)25/h3-6,11-13H,7-10,18H2,1-2H3,(H,20,22)(H2,19,24,25). The van der Waals surface area contributed by atoms with E-state index in [2.05, 4.69) is 5.32 Å². The number of carbonyl (C=O) groups excluding carboxylic acids is 2. The second-order valence-corrected chi connectivity index (χ2v) is 8.34. The number of benzene rings is 1. The van der Waals surface area contributed by atoms with Crippen LogP contribution in [0.25, 0.3) is 0 Å². The summed E-state index contributed by atoms with van der Waals surface area (Å²) in [6.45, 7) is 4.88. The minimum Gasteiger partial charge on any atom is -0.349 e. The molecule has 9 heteroatoms. The van der Waals surface area contributed by atoms with E-state index in [-0.39, 0.29) is 28.7 Å². The number of hydrogen-bond donors (Lipinski definition) is 3. The number of primary sulfonamides is 1. The summed E-state index contributed by atoms with van der Waals surface area (Å²) in [5.74, 6) is -0.0533. The van der Waals surface area contributed by atoms with Crippen LogP contribution < -0.4 is 16.2 Å². The van der Waals surface area contributed by atoms with Crippen LogP contribution in [0.2, 0.25) is 0 Å². The molecule has 0 aromatic heterocycles. The Bertz CT molecular complexity index is 753. The molecule has 2 rings (SSSR count). The SMILES string of the molecule is CC(N)C(=O)N1CCC(C(C)NC(=O)c2ccc(S(N)(=O)=O)cc2)CC1. The Morgan fingerprint density at radius 2 is 1.69 bits per heavy atom. The molecule has 0 radical (unpaired) electrons. The molecule has 0 saturated carbocycles. The van der Waals surface area contributed by atoms with E-state index in [9.17, 15) is 18.0 Å². The Labute approximate surface area is 154 Å². The summed E-state index contributed by atoms with van der Waals surface area (Å²) in [5, 5.41) is 7.99. The van der Waals surface area contributed by atoms with E-state index in [1.54, 1.807) is 11.8 Å². The van der Waals surface area contributed by atoms with Gasteiger partial charge in [0.15, 0.2) is 0 Å². The number of piperidine rings is 1. The van der Waals surface area contributed by atoms with Crippen LogP contribution in [0, 0.1) is 5.92 Å². The third kappa shape index (κ3) is 5.03. The summed E-state index contributed by atoms with van der Waals surface area (Å²) in [4.78, 5) is 26.0. The van der Waals surface area contributed by atoms with Gasteiger partial charge in [-0.2, -0.15) is 0 Å². The van der Waals surface area contributed by atoms with Crippen LogP contribution in [0.1, 0.15) is 37.0 Å². The molecule has 2 atom stereocenters. The van der Waals surface area contributed by atoms with Crippen molar-refractivity contribution in [2.45, 2.75) is 43.7 Å². The van der Waals surface area contributed by atoms with Crippen molar-refractivity contribution in [3.63, 3.8) is 0 Å². The summed E-state index contributed by atoms with van der Waals surface area (Å²) in [6.07, 6.45) is 1.59. The van der Waals surface area contributed by atoms with E-state index in [0.717, 1.165) is 12.8 Å². The predicted octanol–water partition coefficient (Wildman–Crippen LogP) is 0.0381. The molecule has 8 nitrogen and oxygen atoms in total. The minimum atomic E-state index is -3.78. The molecule has 2 amide bonds. The van der Waals surface area contributed by atoms with Gasteiger partial charge in [-0.1, -0.05) is 0 Å². The van der Waals surface area contributed by atoms with Gasteiger partial charge in [0.25, 0.3) is 5.91 Å². The topological polar surface area (TPSA) is 136 Å². The average Bonchev–Trinajstić information content (AvgIpc) is 2.60. The third-order valence-electron chi connectivity index (χ3n) is 4.75. The molecule has 26 heavy (non-hydrogen) atoms. The van der Waals surface area contributed by atoms with Crippen molar-refractivity contribution in [2.24, 2.45) is 16.8 Å². The highest BCUT2D eigenvalue weighted by atomic mass is 32.2. The lowest BCUT2D eigenvalue weighted by Crippen LogP contribution is -2.49. The maximum atomic E-state index is 12.3. The zero-order valence-electron chi connectivity index (χ0n) is 15.0. The second kappa shape index (κ2) is 8.15. The maximum absolute atomic E-state index is 12.3. The summed E-state index contributed by atoms with van der Waals surface area (Å²) in [7, 11) is -3.78. The number of carbonyl (C=O) groups is 2. The average molecular weight is 382 g/mol. The molecule has 0 spiro atoms. The Kier molecular flexibility index (Phi) is 6.38. The summed E-state index contributed by atoms with van der Waals surface area (Å²) < 4.78 is 22.5. The van der Waals surface area contributed by atoms with Crippen molar-refractivity contribution >= 4 is 21.8 Å². The molecule has 1 aromatic carbocycles. The Morgan fingerprint density at radius 3 is 2.15 bits per heavy atom. The Hall–Kier alpha value is -1.97. The van der Waals surface area contributed by atoms with E-state index in [1.165, 1.54) is 24.3 Å². The van der Waals surface area contributed by atoms with Crippen LogP contribution in [0.4, 0.5) is 0 Å². The smallest absolute Gasteiger partial charge is 0.251 e. The van der Waals surface area contributed by atoms with Gasteiger partial charge in [-0.05, 0) is 56.9 Å². The van der Waals surface area contributed by atoms with Gasteiger partial charge in [0.05, 0.1) is 10.9 Å². The van der Waals surface area contributed by atoms with Gasteiger partial charge in [-0.15, -0.1) is 0 Å². The van der Waals surface area contributed by atoms with Gasteiger partial charge in [0.1, 0.15) is 0 Å². The zero-order valence-corrected chi connectivity index (χ0v) is 15.8. The third-order valence-corrected chi connectivity index (χ3v) is 5.68. The van der Waals surface area contributed by atoms with Gasteiger partial charge in [0.2, 0.25) is 15.9 Å². The van der Waals surface area contributed by atoms with E-state index in [4.69, 9.17) is 10.9 Å². The first-order valence-electron chi connectivity index (χ1n) is 8.57. The fourth-order valence-corrected chi connectivity index (χ4v) is 3.63. The van der Waals surface area contributed by atoms with Crippen molar-refractivity contribution in [1.29, 1.82) is 0 Å². The van der Waals surface area contributed by atoms with Crippen LogP contribution in [-0.2, 0) is 14.8 Å². The van der Waals surface area contributed by atoms with Gasteiger partial charge in [-0.25, -0.2) is 13.6 Å². The Morgan fingerprint density at radius 1 is 1.15 bits per heavy atom. The first-order chi connectivity index (χ1) is 12.1. The fourth-order valence-electron chi connectivity index (χ4n) is 3.11. The summed E-state index contributed by atoms with van der Waals surface area (Å²) in [6, 6.07) is 4.94. The van der Waals surface area contributed by atoms with E-state index in [1.807, 2.05) is 6.92 Å². The lowest BCUT2D eigenvalue weighted by atomic mass is 9.90. The van der Waals surface area contributed by atoms with Crippen LogP contribution in [0.3, 0.4) is 0 Å². The van der Waals surface area contributed by atoms with Crippen LogP contribution >= 0.6 is 0 Å². The normalized spacial score (nSPS) is 18.2. The second-order valence-electron chi connectivity index (χ2n) is 6.78. The molecular formula is C17H26N4O4S. The fraction of sp³-hybridized carbons (Fsp3) is 0.529. The van der Waals surface area contributed by atoms with Gasteiger partial charge >= 0.3 is 0 Å². The van der Waals surface area contributed by atoms with E-state index < -0.39 is 16.1 Å². The molecule has 144 valence electrons. The molecule has 5 N–H and O–H groups in total. The molecule has 1 aromatic rings. The number of sulfonamides is 1. The summed E-state index contributed by atoms with van der Waals surface area (Å²) >= 11 is 0. The van der Waals surface area contributed by atoms with Gasteiger partial charge in [-0.3, -0.25) is 9.59 Å². The molecule has 1 heterocycles. The largest absolute Gasteiger partial charge is 0.349 e. The van der Waals surface area contributed by atoms with Crippen molar-refractivity contribution < 1.29 is 18.0 Å². The molecule has 1 aliphatic rings. The number of likely N-dealkylation sites (tertiary alicyclic amines) is 1. The Balaban J connectivity index is 1.91. The summed E-state index contributed by atoms with van der Waals surface area (Å²) in [5.41, 5.74) is 6.00. The highest BCUT2D eigenvalue weighted by Crippen LogP contribution is 2.21. The maximum Gasteiger partial charge on any atom is 0.251 e. The van der Waals surface area contributed by atoms with E-state index >= 15 is 0 Å². The molecule has 0 aliphatic carbocycles. The molecular weight excluding hydrogens is 356 g/mol. The minimum absolute atomic E-state index is 0.0340. The molecule has 1 saturated heterocycles. The van der Waals surface area contributed by atoms with Gasteiger partial charge in [0, 0.05) is 24.7 Å². The highest BCUT2D eigenvalue weighted by molar-refractivity contribution is 7.89. The molecule has 1 aliphatic heterocycles. The first-order valence-corrected chi connectivity index (χ1v) is 10.1. The van der Waals surface area contributed by atoms with Crippen LogP contribution in [0.15, 0.2) is 29.2 Å². The van der Waals surface area contributed by atoms with Crippen molar-refractivity contribution in [3.8, 4) is 0 Å². The number of amides is 2. The van der Waals surface area contributed by atoms with E-state index in [0.29, 0.717) is 18.7 Å². The number of nitrogens with two attached hydrogens (primary N) is 2. The number of rotatable bonds is 5. The number of nitrogens with one attached hydrogen (secondary N) is 1. The lowest BCUT2D eigenvalue weighted by molar-refractivity contribution is -0.133. The van der Waals surface area contributed by atoms with Crippen molar-refractivity contribution in [3.05, 3.63) is 29.8 Å². The predicted molar refractivity (Wildman–Crippen MR) is 97.7 cm³/mol. The zero-order chi connectivity index (χ0) is 19.5. The molecule has 1 fully saturated rings. The first kappa shape index (κ1) is 20.3. The molecule has 0 bridgehead atoms. The van der Waals surface area contributed by atoms with Gasteiger partial charge < -0.3 is 16.0 Å². The van der Waals surface area contributed by atoms with Crippen molar-refractivity contribution in [1.82, 2.24) is 10.2 Å². The monoisotopic (exact) mass is 382 g/mol. The van der Waals surface area contributed by atoms with Crippen molar-refractivity contribution in [2.75, 3.05) is 13.1 Å². The highest BCUT2D eigenvalue weighted by Gasteiger charge is 2.28. The molecule has 2 unspecified atom stereocenters.